The molecule has 0 saturated carbocycles. The molecule has 0 atom stereocenters. The van der Waals surface area contributed by atoms with Crippen LogP contribution in [-0.2, 0) is 4.74 Å². The molecule has 8 nitrogen and oxygen atoms in total. The lowest BCUT2D eigenvalue weighted by Gasteiger charge is -2.08. The first-order chi connectivity index (χ1) is 15.1. The van der Waals surface area contributed by atoms with Crippen molar-refractivity contribution in [2.24, 2.45) is 0 Å². The van der Waals surface area contributed by atoms with Crippen LogP contribution in [0.1, 0.15) is 34.2 Å². The zero-order valence-corrected chi connectivity index (χ0v) is 17.6. The van der Waals surface area contributed by atoms with Crippen LogP contribution >= 0.6 is 0 Å². The van der Waals surface area contributed by atoms with E-state index < -0.39 is 5.91 Å². The van der Waals surface area contributed by atoms with Crippen LogP contribution in [0.5, 0.6) is 5.75 Å². The maximum atomic E-state index is 12.8. The number of carbonyl (C=O) groups is 2. The fourth-order valence-electron chi connectivity index (χ4n) is 2.93. The summed E-state index contributed by atoms with van der Waals surface area (Å²) in [6, 6.07) is 16.2. The third-order valence-electron chi connectivity index (χ3n) is 4.47. The average molecular weight is 422 g/mol. The molecule has 0 saturated heterocycles. The zero-order chi connectivity index (χ0) is 22.1. The number of benzene rings is 2. The summed E-state index contributed by atoms with van der Waals surface area (Å²) in [6.45, 7) is 3.71. The predicted molar refractivity (Wildman–Crippen MR) is 118 cm³/mol. The summed E-state index contributed by atoms with van der Waals surface area (Å²) in [5, 5.41) is 9.98. The van der Waals surface area contributed by atoms with Crippen LogP contribution < -0.4 is 15.4 Å². The van der Waals surface area contributed by atoms with Gasteiger partial charge < -0.3 is 20.1 Å². The standard InChI is InChI=1S/C23H26N4O4/c1-3-31-14-8-13-24-22(28)17-9-7-10-18(15-17)25-23(29)21-20(30-2)16-27(26-21)19-11-5-4-6-12-19/h4-7,9-12,15-16H,3,8,13-14H2,1-2H3,(H,24,28)(H,25,29). The van der Waals surface area contributed by atoms with Crippen molar-refractivity contribution in [2.75, 3.05) is 32.2 Å². The number of carbonyl (C=O) groups excluding carboxylic acids is 2. The van der Waals surface area contributed by atoms with Gasteiger partial charge in [-0.25, -0.2) is 4.68 Å². The van der Waals surface area contributed by atoms with E-state index in [4.69, 9.17) is 9.47 Å². The van der Waals surface area contributed by atoms with Gasteiger partial charge in [-0.2, -0.15) is 5.10 Å². The van der Waals surface area contributed by atoms with Crippen molar-refractivity contribution < 1.29 is 19.1 Å². The van der Waals surface area contributed by atoms with Gasteiger partial charge in [-0.3, -0.25) is 9.59 Å². The average Bonchev–Trinajstić information content (AvgIpc) is 3.24. The van der Waals surface area contributed by atoms with Crippen LogP contribution in [0.3, 0.4) is 0 Å². The summed E-state index contributed by atoms with van der Waals surface area (Å²) in [7, 11) is 1.49. The number of para-hydroxylation sites is 1. The summed E-state index contributed by atoms with van der Waals surface area (Å²) >= 11 is 0. The molecule has 0 spiro atoms. The Morgan fingerprint density at radius 3 is 2.61 bits per heavy atom. The Balaban J connectivity index is 1.67. The number of hydrogen-bond donors (Lipinski definition) is 2. The maximum Gasteiger partial charge on any atom is 0.280 e. The van der Waals surface area contributed by atoms with Gasteiger partial charge in [-0.05, 0) is 43.7 Å². The van der Waals surface area contributed by atoms with E-state index in [-0.39, 0.29) is 11.6 Å². The monoisotopic (exact) mass is 422 g/mol. The molecule has 3 aromatic rings. The van der Waals surface area contributed by atoms with Gasteiger partial charge in [0.2, 0.25) is 0 Å². The minimum absolute atomic E-state index is 0.150. The topological polar surface area (TPSA) is 94.5 Å². The molecule has 2 amide bonds. The number of nitrogens with zero attached hydrogens (tertiary/aromatic N) is 2. The van der Waals surface area contributed by atoms with Crippen LogP contribution in [0.2, 0.25) is 0 Å². The molecule has 0 fully saturated rings. The molecule has 1 aromatic heterocycles. The number of aromatic nitrogens is 2. The molecule has 3 rings (SSSR count). The zero-order valence-electron chi connectivity index (χ0n) is 17.6. The number of nitrogens with one attached hydrogen (secondary N) is 2. The molecule has 0 unspecified atom stereocenters. The first-order valence-electron chi connectivity index (χ1n) is 10.1. The fraction of sp³-hybridized carbons (Fsp3) is 0.261. The molecule has 0 bridgehead atoms. The molecule has 2 N–H and O–H groups in total. The Hall–Kier alpha value is -3.65. The Bertz CT molecular complexity index is 1020. The van der Waals surface area contributed by atoms with Crippen LogP contribution in [0, 0.1) is 0 Å². The van der Waals surface area contributed by atoms with Crippen LogP contribution in [0.15, 0.2) is 60.8 Å². The largest absolute Gasteiger partial charge is 0.493 e. The summed E-state index contributed by atoms with van der Waals surface area (Å²) in [4.78, 5) is 25.2. The lowest BCUT2D eigenvalue weighted by molar-refractivity contribution is 0.0942. The number of hydrogen-bond acceptors (Lipinski definition) is 5. The van der Waals surface area contributed by atoms with E-state index in [0.717, 1.165) is 12.1 Å². The lowest BCUT2D eigenvalue weighted by Crippen LogP contribution is -2.25. The summed E-state index contributed by atoms with van der Waals surface area (Å²) in [5.41, 5.74) is 1.90. The van der Waals surface area contributed by atoms with E-state index in [1.165, 1.54) is 7.11 Å². The van der Waals surface area contributed by atoms with E-state index in [1.54, 1.807) is 35.1 Å². The van der Waals surface area contributed by atoms with Crippen LogP contribution in [0.4, 0.5) is 5.69 Å². The van der Waals surface area contributed by atoms with Gasteiger partial charge in [-0.15, -0.1) is 0 Å². The Kier molecular flexibility index (Phi) is 7.78. The number of rotatable bonds is 10. The third-order valence-corrected chi connectivity index (χ3v) is 4.47. The predicted octanol–water partition coefficient (Wildman–Crippen LogP) is 3.29. The van der Waals surface area contributed by atoms with E-state index in [2.05, 4.69) is 15.7 Å². The van der Waals surface area contributed by atoms with E-state index in [1.807, 2.05) is 37.3 Å². The van der Waals surface area contributed by atoms with Gasteiger partial charge in [0.25, 0.3) is 11.8 Å². The highest BCUT2D eigenvalue weighted by molar-refractivity contribution is 6.05. The van der Waals surface area contributed by atoms with Crippen molar-refractivity contribution in [1.82, 2.24) is 15.1 Å². The molecule has 0 aliphatic rings. The molecule has 162 valence electrons. The second-order valence-electron chi connectivity index (χ2n) is 6.67. The number of amides is 2. The van der Waals surface area contributed by atoms with Gasteiger partial charge in [0.1, 0.15) is 0 Å². The van der Waals surface area contributed by atoms with E-state index in [9.17, 15) is 9.59 Å². The van der Waals surface area contributed by atoms with Crippen molar-refractivity contribution in [3.05, 3.63) is 72.1 Å². The number of ether oxygens (including phenoxy) is 2. The number of anilines is 1. The highest BCUT2D eigenvalue weighted by atomic mass is 16.5. The molecule has 1 heterocycles. The summed E-state index contributed by atoms with van der Waals surface area (Å²) < 4.78 is 12.2. The molecule has 0 radical (unpaired) electrons. The number of methoxy groups -OCH3 is 1. The highest BCUT2D eigenvalue weighted by Gasteiger charge is 2.19. The van der Waals surface area contributed by atoms with E-state index >= 15 is 0 Å². The van der Waals surface area contributed by atoms with Crippen LogP contribution in [0.25, 0.3) is 5.69 Å². The Morgan fingerprint density at radius 1 is 1.06 bits per heavy atom. The molecule has 0 aliphatic heterocycles. The summed E-state index contributed by atoms with van der Waals surface area (Å²) in [6.07, 6.45) is 2.39. The first kappa shape index (κ1) is 22.0. The van der Waals surface area contributed by atoms with Crippen molar-refractivity contribution in [3.8, 4) is 11.4 Å². The highest BCUT2D eigenvalue weighted by Crippen LogP contribution is 2.21. The maximum absolute atomic E-state index is 12.8. The Morgan fingerprint density at radius 2 is 1.87 bits per heavy atom. The minimum Gasteiger partial charge on any atom is -0.493 e. The molecule has 8 heteroatoms. The van der Waals surface area contributed by atoms with Gasteiger partial charge in [-0.1, -0.05) is 24.3 Å². The second kappa shape index (κ2) is 10.9. The molecule has 31 heavy (non-hydrogen) atoms. The quantitative estimate of drug-likeness (QED) is 0.489. The van der Waals surface area contributed by atoms with Crippen molar-refractivity contribution in [3.63, 3.8) is 0 Å². The minimum atomic E-state index is -0.430. The lowest BCUT2D eigenvalue weighted by atomic mass is 10.2. The van der Waals surface area contributed by atoms with Crippen molar-refractivity contribution in [1.29, 1.82) is 0 Å². The first-order valence-corrected chi connectivity index (χ1v) is 10.1. The van der Waals surface area contributed by atoms with Crippen molar-refractivity contribution in [2.45, 2.75) is 13.3 Å². The molecule has 0 aliphatic carbocycles. The van der Waals surface area contributed by atoms with Gasteiger partial charge in [0, 0.05) is 31.0 Å². The van der Waals surface area contributed by atoms with Gasteiger partial charge >= 0.3 is 0 Å². The van der Waals surface area contributed by atoms with Crippen molar-refractivity contribution >= 4 is 17.5 Å². The van der Waals surface area contributed by atoms with Gasteiger partial charge in [0.05, 0.1) is 19.0 Å². The van der Waals surface area contributed by atoms with Crippen LogP contribution in [-0.4, -0.2) is 48.5 Å². The SMILES string of the molecule is CCOCCCNC(=O)c1cccc(NC(=O)c2nn(-c3ccccc3)cc2OC)c1. The summed E-state index contributed by atoms with van der Waals surface area (Å²) in [5.74, 6) is -0.288. The smallest absolute Gasteiger partial charge is 0.280 e. The molecule has 2 aromatic carbocycles. The second-order valence-corrected chi connectivity index (χ2v) is 6.67. The Labute approximate surface area is 181 Å². The van der Waals surface area contributed by atoms with Gasteiger partial charge in [0.15, 0.2) is 11.4 Å². The molecular formula is C23H26N4O4. The molecular weight excluding hydrogens is 396 g/mol. The fourth-order valence-corrected chi connectivity index (χ4v) is 2.93. The third kappa shape index (κ3) is 5.93. The van der Waals surface area contributed by atoms with E-state index in [0.29, 0.717) is 36.8 Å². The normalized spacial score (nSPS) is 10.5.